The van der Waals surface area contributed by atoms with Gasteiger partial charge < -0.3 is 16.0 Å². The maximum absolute atomic E-state index is 12.4. The molecule has 1 saturated heterocycles. The smallest absolute Gasteiger partial charge is 0.242 e. The van der Waals surface area contributed by atoms with Crippen molar-refractivity contribution in [3.05, 3.63) is 0 Å². The molecule has 0 radical (unpaired) electrons. The van der Waals surface area contributed by atoms with Crippen molar-refractivity contribution in [3.8, 4) is 0 Å². The fourth-order valence-electron chi connectivity index (χ4n) is 2.58. The molecule has 1 aliphatic heterocycles. The van der Waals surface area contributed by atoms with E-state index >= 15 is 0 Å². The number of rotatable bonds is 8. The molecule has 0 bridgehead atoms. The number of unbranched alkanes of at least 4 members (excludes halogenated alkanes) is 1. The molecule has 1 heterocycles. The number of likely N-dealkylation sites (tertiary alicyclic amines) is 1. The SMILES string of the molecule is CC(C)CC(C(=O)NCCCCN)N1CCCCC1=O. The van der Waals surface area contributed by atoms with Crippen molar-refractivity contribution in [1.29, 1.82) is 0 Å². The van der Waals surface area contributed by atoms with Gasteiger partial charge in [0.25, 0.3) is 0 Å². The van der Waals surface area contributed by atoms with Gasteiger partial charge in [0.15, 0.2) is 0 Å². The summed E-state index contributed by atoms with van der Waals surface area (Å²) in [5, 5.41) is 2.95. The third kappa shape index (κ3) is 5.49. The van der Waals surface area contributed by atoms with Gasteiger partial charge in [-0.05, 0) is 44.6 Å². The average molecular weight is 283 g/mol. The minimum Gasteiger partial charge on any atom is -0.354 e. The molecule has 20 heavy (non-hydrogen) atoms. The van der Waals surface area contributed by atoms with Gasteiger partial charge in [-0.25, -0.2) is 0 Å². The maximum Gasteiger partial charge on any atom is 0.242 e. The zero-order valence-corrected chi connectivity index (χ0v) is 12.9. The summed E-state index contributed by atoms with van der Waals surface area (Å²) >= 11 is 0. The molecule has 1 atom stereocenters. The van der Waals surface area contributed by atoms with Crippen molar-refractivity contribution in [2.45, 2.75) is 58.4 Å². The molecular formula is C15H29N3O2. The Labute approximate surface area is 122 Å². The van der Waals surface area contributed by atoms with E-state index in [9.17, 15) is 9.59 Å². The quantitative estimate of drug-likeness (QED) is 0.659. The Morgan fingerprint density at radius 1 is 1.35 bits per heavy atom. The van der Waals surface area contributed by atoms with Crippen molar-refractivity contribution in [2.24, 2.45) is 11.7 Å². The number of nitrogens with two attached hydrogens (primary N) is 1. The Morgan fingerprint density at radius 3 is 2.70 bits per heavy atom. The van der Waals surface area contributed by atoms with E-state index in [2.05, 4.69) is 19.2 Å². The molecule has 0 aromatic carbocycles. The molecular weight excluding hydrogens is 254 g/mol. The number of amides is 2. The average Bonchev–Trinajstić information content (AvgIpc) is 2.41. The highest BCUT2D eigenvalue weighted by Gasteiger charge is 2.31. The van der Waals surface area contributed by atoms with Crippen LogP contribution in [0.3, 0.4) is 0 Å². The molecule has 5 heteroatoms. The van der Waals surface area contributed by atoms with Crippen LogP contribution in [0, 0.1) is 5.92 Å². The molecule has 1 fully saturated rings. The standard InChI is InChI=1S/C15H29N3O2/c1-12(2)11-13(15(20)17-9-5-4-8-16)18-10-6-3-7-14(18)19/h12-13H,3-11,16H2,1-2H3,(H,17,20). The first-order valence-electron chi connectivity index (χ1n) is 7.83. The van der Waals surface area contributed by atoms with Gasteiger partial charge in [0.1, 0.15) is 6.04 Å². The van der Waals surface area contributed by atoms with Crippen LogP contribution in [0.2, 0.25) is 0 Å². The molecule has 0 spiro atoms. The third-order valence-corrected chi connectivity index (χ3v) is 3.66. The summed E-state index contributed by atoms with van der Waals surface area (Å²) in [6.45, 7) is 6.18. The van der Waals surface area contributed by atoms with Gasteiger partial charge in [-0.1, -0.05) is 13.8 Å². The van der Waals surface area contributed by atoms with E-state index in [4.69, 9.17) is 5.73 Å². The Hall–Kier alpha value is -1.10. The van der Waals surface area contributed by atoms with Crippen molar-refractivity contribution < 1.29 is 9.59 Å². The molecule has 3 N–H and O–H groups in total. The van der Waals surface area contributed by atoms with E-state index in [0.29, 0.717) is 32.0 Å². The number of carbonyl (C=O) groups excluding carboxylic acids is 2. The molecule has 1 rings (SSSR count). The third-order valence-electron chi connectivity index (χ3n) is 3.66. The summed E-state index contributed by atoms with van der Waals surface area (Å²) in [4.78, 5) is 26.2. The zero-order valence-electron chi connectivity index (χ0n) is 12.9. The monoisotopic (exact) mass is 283 g/mol. The topological polar surface area (TPSA) is 75.4 Å². The minimum absolute atomic E-state index is 0.00836. The Balaban J connectivity index is 2.57. The lowest BCUT2D eigenvalue weighted by Gasteiger charge is -2.34. The van der Waals surface area contributed by atoms with E-state index in [0.717, 1.165) is 32.1 Å². The second-order valence-corrected chi connectivity index (χ2v) is 5.98. The van der Waals surface area contributed by atoms with E-state index in [1.807, 2.05) is 0 Å². The number of hydrogen-bond acceptors (Lipinski definition) is 3. The number of piperidine rings is 1. The number of hydrogen-bond donors (Lipinski definition) is 2. The minimum atomic E-state index is -0.305. The molecule has 2 amide bonds. The molecule has 1 aliphatic rings. The first kappa shape index (κ1) is 17.0. The van der Waals surface area contributed by atoms with Gasteiger partial charge in [0.2, 0.25) is 11.8 Å². The van der Waals surface area contributed by atoms with Crippen LogP contribution < -0.4 is 11.1 Å². The van der Waals surface area contributed by atoms with Crippen molar-refractivity contribution in [2.75, 3.05) is 19.6 Å². The first-order chi connectivity index (χ1) is 9.56. The summed E-state index contributed by atoms with van der Waals surface area (Å²) in [7, 11) is 0. The van der Waals surface area contributed by atoms with Crippen LogP contribution in [-0.4, -0.2) is 42.4 Å². The van der Waals surface area contributed by atoms with Gasteiger partial charge in [0, 0.05) is 19.5 Å². The van der Waals surface area contributed by atoms with Gasteiger partial charge >= 0.3 is 0 Å². The van der Waals surface area contributed by atoms with E-state index in [1.165, 1.54) is 0 Å². The predicted molar refractivity (Wildman–Crippen MR) is 80.1 cm³/mol. The van der Waals surface area contributed by atoms with Gasteiger partial charge in [0.05, 0.1) is 0 Å². The van der Waals surface area contributed by atoms with Crippen LogP contribution in [0.25, 0.3) is 0 Å². The van der Waals surface area contributed by atoms with Crippen molar-refractivity contribution >= 4 is 11.8 Å². The van der Waals surface area contributed by atoms with Crippen molar-refractivity contribution in [1.82, 2.24) is 10.2 Å². The molecule has 1 unspecified atom stereocenters. The fraction of sp³-hybridized carbons (Fsp3) is 0.867. The number of nitrogens with zero attached hydrogens (tertiary/aromatic N) is 1. The number of carbonyl (C=O) groups is 2. The highest BCUT2D eigenvalue weighted by atomic mass is 16.2. The molecule has 5 nitrogen and oxygen atoms in total. The van der Waals surface area contributed by atoms with Gasteiger partial charge in [-0.15, -0.1) is 0 Å². The summed E-state index contributed by atoms with van der Waals surface area (Å²) in [6.07, 6.45) is 5.06. The van der Waals surface area contributed by atoms with E-state index in [1.54, 1.807) is 4.90 Å². The lowest BCUT2D eigenvalue weighted by Crippen LogP contribution is -2.52. The van der Waals surface area contributed by atoms with Crippen LogP contribution in [0.5, 0.6) is 0 Å². The van der Waals surface area contributed by atoms with Crippen LogP contribution in [0.1, 0.15) is 52.4 Å². The largest absolute Gasteiger partial charge is 0.354 e. The first-order valence-corrected chi connectivity index (χ1v) is 7.83. The zero-order chi connectivity index (χ0) is 15.0. The maximum atomic E-state index is 12.4. The lowest BCUT2D eigenvalue weighted by molar-refractivity contribution is -0.143. The van der Waals surface area contributed by atoms with Crippen LogP contribution in [0.15, 0.2) is 0 Å². The summed E-state index contributed by atoms with van der Waals surface area (Å²) in [6, 6.07) is -0.305. The highest BCUT2D eigenvalue weighted by molar-refractivity contribution is 5.88. The summed E-state index contributed by atoms with van der Waals surface area (Å²) < 4.78 is 0. The normalized spacial score (nSPS) is 17.4. The summed E-state index contributed by atoms with van der Waals surface area (Å²) in [5.74, 6) is 0.509. The molecule has 0 aliphatic carbocycles. The van der Waals surface area contributed by atoms with Gasteiger partial charge in [-0.3, -0.25) is 9.59 Å². The fourth-order valence-corrected chi connectivity index (χ4v) is 2.58. The van der Waals surface area contributed by atoms with E-state index < -0.39 is 0 Å². The molecule has 0 saturated carbocycles. The lowest BCUT2D eigenvalue weighted by atomic mass is 9.98. The molecule has 0 aromatic heterocycles. The van der Waals surface area contributed by atoms with Gasteiger partial charge in [-0.2, -0.15) is 0 Å². The van der Waals surface area contributed by atoms with Crippen LogP contribution >= 0.6 is 0 Å². The highest BCUT2D eigenvalue weighted by Crippen LogP contribution is 2.19. The van der Waals surface area contributed by atoms with Crippen LogP contribution in [0.4, 0.5) is 0 Å². The van der Waals surface area contributed by atoms with Crippen LogP contribution in [-0.2, 0) is 9.59 Å². The Morgan fingerprint density at radius 2 is 2.10 bits per heavy atom. The van der Waals surface area contributed by atoms with Crippen molar-refractivity contribution in [3.63, 3.8) is 0 Å². The second-order valence-electron chi connectivity index (χ2n) is 5.98. The van der Waals surface area contributed by atoms with E-state index in [-0.39, 0.29) is 17.9 Å². The molecule has 0 aromatic rings. The molecule has 116 valence electrons. The predicted octanol–water partition coefficient (Wildman–Crippen LogP) is 1.27. The Bertz CT molecular complexity index is 318. The Kier molecular flexibility index (Phi) is 7.59. The second kappa shape index (κ2) is 8.95. The number of nitrogens with one attached hydrogen (secondary N) is 1. The summed E-state index contributed by atoms with van der Waals surface area (Å²) in [5.41, 5.74) is 5.44.